The number of likely N-dealkylation sites (N-methyl/N-ethyl adjacent to an activating group) is 1. The molecule has 1 amide bonds. The second-order valence-electron chi connectivity index (χ2n) is 6.76. The summed E-state index contributed by atoms with van der Waals surface area (Å²) in [6, 6.07) is 3.71. The Bertz CT molecular complexity index is 889. The van der Waals surface area contributed by atoms with Crippen molar-refractivity contribution in [2.24, 2.45) is 0 Å². The van der Waals surface area contributed by atoms with Gasteiger partial charge < -0.3 is 4.90 Å². The molecule has 0 bridgehead atoms. The number of nitrogens with zero attached hydrogens (tertiary/aromatic N) is 4. The number of hydrogen-bond donors (Lipinski definition) is 0. The second kappa shape index (κ2) is 8.83. The molecule has 7 nitrogen and oxygen atoms in total. The van der Waals surface area contributed by atoms with Crippen molar-refractivity contribution in [2.75, 3.05) is 51.9 Å². The van der Waals surface area contributed by atoms with E-state index in [9.17, 15) is 13.2 Å². The lowest BCUT2D eigenvalue weighted by atomic mass is 10.2. The van der Waals surface area contributed by atoms with Crippen molar-refractivity contribution in [1.29, 1.82) is 0 Å². The first kappa shape index (κ1) is 22.0. The number of carbonyl (C=O) groups is 1. The normalized spacial score (nSPS) is 12.3. The van der Waals surface area contributed by atoms with E-state index in [4.69, 9.17) is 11.6 Å². The number of sulfonamides is 1. The number of fused-ring (bicyclic) bond motifs is 1. The summed E-state index contributed by atoms with van der Waals surface area (Å²) in [4.78, 5) is 21.1. The van der Waals surface area contributed by atoms with Crippen molar-refractivity contribution in [3.05, 3.63) is 22.7 Å². The molecular weight excluding hydrogens is 408 g/mol. The topological polar surface area (TPSA) is 73.8 Å². The number of thiazole rings is 1. The molecule has 0 aliphatic heterocycles. The van der Waals surface area contributed by atoms with Crippen molar-refractivity contribution in [2.45, 2.75) is 13.3 Å². The van der Waals surface area contributed by atoms with Crippen molar-refractivity contribution in [1.82, 2.24) is 14.2 Å². The van der Waals surface area contributed by atoms with Gasteiger partial charge in [-0.25, -0.2) is 13.4 Å². The molecule has 2 rings (SSSR count). The molecule has 1 heterocycles. The third kappa shape index (κ3) is 5.61. The summed E-state index contributed by atoms with van der Waals surface area (Å²) in [6.07, 6.45) is 1.82. The quantitative estimate of drug-likeness (QED) is 0.640. The molecule has 0 fully saturated rings. The van der Waals surface area contributed by atoms with Crippen LogP contribution in [0.2, 0.25) is 5.02 Å². The van der Waals surface area contributed by atoms with Crippen LogP contribution in [0.1, 0.15) is 12.0 Å². The summed E-state index contributed by atoms with van der Waals surface area (Å²) in [5.74, 6) is -0.311. The Labute approximate surface area is 169 Å². The highest BCUT2D eigenvalue weighted by atomic mass is 35.5. The van der Waals surface area contributed by atoms with Gasteiger partial charge in [0, 0.05) is 13.6 Å². The van der Waals surface area contributed by atoms with Crippen molar-refractivity contribution in [3.63, 3.8) is 0 Å². The van der Waals surface area contributed by atoms with Gasteiger partial charge in [-0.3, -0.25) is 9.69 Å². The van der Waals surface area contributed by atoms with Crippen LogP contribution in [0, 0.1) is 6.92 Å². The fourth-order valence-corrected chi connectivity index (χ4v) is 4.18. The first-order valence-corrected chi connectivity index (χ1v) is 11.5. The minimum absolute atomic E-state index is 0.233. The predicted octanol–water partition coefficient (Wildman–Crippen LogP) is 2.43. The van der Waals surface area contributed by atoms with Gasteiger partial charge >= 0.3 is 0 Å². The van der Waals surface area contributed by atoms with Crippen molar-refractivity contribution in [3.8, 4) is 0 Å². The average molecular weight is 433 g/mol. The Morgan fingerprint density at radius 1 is 1.22 bits per heavy atom. The summed E-state index contributed by atoms with van der Waals surface area (Å²) in [7, 11) is 1.87. The Hall–Kier alpha value is -1.26. The number of carbonyl (C=O) groups excluding carboxylic acids is 1. The van der Waals surface area contributed by atoms with E-state index in [1.807, 2.05) is 38.1 Å². The minimum Gasteiger partial charge on any atom is -0.309 e. The first-order chi connectivity index (χ1) is 12.5. The number of anilines is 1. The Morgan fingerprint density at radius 2 is 1.89 bits per heavy atom. The smallest absolute Gasteiger partial charge is 0.244 e. The van der Waals surface area contributed by atoms with Gasteiger partial charge in [0.25, 0.3) is 0 Å². The maximum Gasteiger partial charge on any atom is 0.244 e. The van der Waals surface area contributed by atoms with E-state index < -0.39 is 10.0 Å². The zero-order valence-electron chi connectivity index (χ0n) is 16.2. The number of benzene rings is 1. The van der Waals surface area contributed by atoms with E-state index in [0.717, 1.165) is 39.3 Å². The van der Waals surface area contributed by atoms with Crippen LogP contribution in [0.15, 0.2) is 12.1 Å². The monoisotopic (exact) mass is 432 g/mol. The fourth-order valence-electron chi connectivity index (χ4n) is 2.47. The van der Waals surface area contributed by atoms with Gasteiger partial charge in [0.05, 0.1) is 28.0 Å². The number of rotatable bonds is 8. The zero-order chi connectivity index (χ0) is 20.4. The number of hydrogen-bond acceptors (Lipinski definition) is 6. The van der Waals surface area contributed by atoms with Gasteiger partial charge in [0.1, 0.15) is 0 Å². The number of amides is 1. The van der Waals surface area contributed by atoms with Gasteiger partial charge in [-0.05, 0) is 45.6 Å². The van der Waals surface area contributed by atoms with Crippen LogP contribution in [-0.2, 0) is 14.8 Å². The third-order valence-electron chi connectivity index (χ3n) is 4.13. The summed E-state index contributed by atoms with van der Waals surface area (Å²) >= 11 is 7.64. The molecule has 1 aromatic carbocycles. The van der Waals surface area contributed by atoms with Crippen LogP contribution < -0.4 is 4.90 Å². The highest BCUT2D eigenvalue weighted by molar-refractivity contribution is 7.88. The lowest BCUT2D eigenvalue weighted by Crippen LogP contribution is -2.42. The molecule has 0 saturated carbocycles. The van der Waals surface area contributed by atoms with Crippen molar-refractivity contribution < 1.29 is 13.2 Å². The molecule has 0 aliphatic carbocycles. The molecule has 10 heteroatoms. The van der Waals surface area contributed by atoms with Crippen LogP contribution in [-0.4, -0.2) is 75.5 Å². The molecule has 0 aliphatic rings. The van der Waals surface area contributed by atoms with Gasteiger partial charge in [-0.2, -0.15) is 4.31 Å². The van der Waals surface area contributed by atoms with Crippen LogP contribution in [0.5, 0.6) is 0 Å². The Kier molecular flexibility index (Phi) is 7.20. The zero-order valence-corrected chi connectivity index (χ0v) is 18.6. The molecule has 0 unspecified atom stereocenters. The highest BCUT2D eigenvalue weighted by Crippen LogP contribution is 2.35. The standard InChI is InChI=1S/C17H25ClN4O3S2/c1-12-7-8-13(18)16-15(12)19-17(26-16)22(10-6-9-20(2)3)14(23)11-21(4)27(5,24)25/h7-8H,6,9-11H2,1-5H3. The van der Waals surface area contributed by atoms with Crippen LogP contribution >= 0.6 is 22.9 Å². The average Bonchev–Trinajstić information content (AvgIpc) is 3.00. The maximum absolute atomic E-state index is 12.9. The van der Waals surface area contributed by atoms with E-state index in [1.165, 1.54) is 18.4 Å². The number of halogens is 1. The van der Waals surface area contributed by atoms with E-state index in [-0.39, 0.29) is 12.5 Å². The SMILES string of the molecule is Cc1ccc(Cl)c2sc(N(CCCN(C)C)C(=O)CN(C)S(C)(=O)=O)nc12. The van der Waals surface area contributed by atoms with Gasteiger partial charge in [0.15, 0.2) is 5.13 Å². The van der Waals surface area contributed by atoms with E-state index in [2.05, 4.69) is 4.98 Å². The molecule has 0 spiro atoms. The fraction of sp³-hybridized carbons (Fsp3) is 0.529. The summed E-state index contributed by atoms with van der Waals surface area (Å²) in [5, 5.41) is 1.13. The molecule has 27 heavy (non-hydrogen) atoms. The molecule has 0 N–H and O–H groups in total. The molecule has 0 atom stereocenters. The maximum atomic E-state index is 12.9. The Morgan fingerprint density at radius 3 is 2.44 bits per heavy atom. The Balaban J connectivity index is 2.35. The van der Waals surface area contributed by atoms with Crippen LogP contribution in [0.4, 0.5) is 5.13 Å². The first-order valence-electron chi connectivity index (χ1n) is 8.42. The molecule has 2 aromatic rings. The largest absolute Gasteiger partial charge is 0.309 e. The highest BCUT2D eigenvalue weighted by Gasteiger charge is 2.24. The van der Waals surface area contributed by atoms with E-state index in [1.54, 1.807) is 4.90 Å². The summed E-state index contributed by atoms with van der Waals surface area (Å²) in [5.41, 5.74) is 1.75. The number of aromatic nitrogens is 1. The lowest BCUT2D eigenvalue weighted by Gasteiger charge is -2.23. The summed E-state index contributed by atoms with van der Waals surface area (Å²) in [6.45, 7) is 2.96. The molecular formula is C17H25ClN4O3S2. The molecule has 1 aromatic heterocycles. The predicted molar refractivity (Wildman–Crippen MR) is 112 cm³/mol. The van der Waals surface area contributed by atoms with Crippen LogP contribution in [0.3, 0.4) is 0 Å². The summed E-state index contributed by atoms with van der Waals surface area (Å²) < 4.78 is 25.2. The van der Waals surface area contributed by atoms with E-state index in [0.29, 0.717) is 16.7 Å². The van der Waals surface area contributed by atoms with Crippen LogP contribution in [0.25, 0.3) is 10.2 Å². The molecule has 0 saturated heterocycles. The molecule has 150 valence electrons. The number of aryl methyl sites for hydroxylation is 1. The lowest BCUT2D eigenvalue weighted by molar-refractivity contribution is -0.118. The van der Waals surface area contributed by atoms with Crippen molar-refractivity contribution >= 4 is 54.2 Å². The minimum atomic E-state index is -3.45. The third-order valence-corrected chi connectivity index (χ3v) is 6.93. The molecule has 0 radical (unpaired) electrons. The second-order valence-corrected chi connectivity index (χ2v) is 10.2. The van der Waals surface area contributed by atoms with Gasteiger partial charge in [-0.15, -0.1) is 0 Å². The van der Waals surface area contributed by atoms with Gasteiger partial charge in [-0.1, -0.05) is 29.0 Å². The van der Waals surface area contributed by atoms with E-state index >= 15 is 0 Å². The van der Waals surface area contributed by atoms with Gasteiger partial charge in [0.2, 0.25) is 15.9 Å².